The molecule has 0 spiro atoms. The summed E-state index contributed by atoms with van der Waals surface area (Å²) in [7, 11) is 0. The zero-order valence-electron chi connectivity index (χ0n) is 12.1. The van der Waals surface area contributed by atoms with Crippen LogP contribution in [0.15, 0.2) is 54.6 Å². The van der Waals surface area contributed by atoms with E-state index in [4.69, 9.17) is 10.5 Å². The summed E-state index contributed by atoms with van der Waals surface area (Å²) in [5, 5.41) is 0. The van der Waals surface area contributed by atoms with E-state index >= 15 is 0 Å². The van der Waals surface area contributed by atoms with Crippen molar-refractivity contribution in [3.05, 3.63) is 65.7 Å². The highest BCUT2D eigenvalue weighted by Gasteiger charge is 2.06. The minimum Gasteiger partial charge on any atom is -0.494 e. The molecule has 1 atom stereocenters. The van der Waals surface area contributed by atoms with Crippen molar-refractivity contribution >= 4 is 0 Å². The van der Waals surface area contributed by atoms with Gasteiger partial charge in [0.25, 0.3) is 0 Å². The quantitative estimate of drug-likeness (QED) is 0.821. The molecule has 0 radical (unpaired) electrons. The minimum atomic E-state index is 0.0365. The molecular formula is C18H23NO. The van der Waals surface area contributed by atoms with Gasteiger partial charge >= 0.3 is 0 Å². The lowest BCUT2D eigenvalue weighted by Crippen LogP contribution is -2.14. The lowest BCUT2D eigenvalue weighted by molar-refractivity contribution is 0.298. The van der Waals surface area contributed by atoms with Gasteiger partial charge in [0.2, 0.25) is 0 Å². The van der Waals surface area contributed by atoms with Crippen LogP contribution in [0.4, 0.5) is 0 Å². The molecule has 2 nitrogen and oxygen atoms in total. The van der Waals surface area contributed by atoms with Crippen molar-refractivity contribution in [3.63, 3.8) is 0 Å². The number of hydrogen-bond donors (Lipinski definition) is 1. The third-order valence-corrected chi connectivity index (χ3v) is 3.39. The normalized spacial score (nSPS) is 12.1. The summed E-state index contributed by atoms with van der Waals surface area (Å²) in [5.74, 6) is 0.901. The smallest absolute Gasteiger partial charge is 0.119 e. The highest BCUT2D eigenvalue weighted by Crippen LogP contribution is 2.17. The molecule has 2 rings (SSSR count). The average Bonchev–Trinajstić information content (AvgIpc) is 2.49. The van der Waals surface area contributed by atoms with Crippen LogP contribution in [-0.2, 0) is 6.42 Å². The molecule has 0 fully saturated rings. The second-order valence-electron chi connectivity index (χ2n) is 5.05. The largest absolute Gasteiger partial charge is 0.494 e. The van der Waals surface area contributed by atoms with E-state index in [2.05, 4.69) is 31.2 Å². The van der Waals surface area contributed by atoms with Crippen LogP contribution >= 0.6 is 0 Å². The Kier molecular flexibility index (Phi) is 5.63. The van der Waals surface area contributed by atoms with Crippen LogP contribution in [0.2, 0.25) is 0 Å². The van der Waals surface area contributed by atoms with Crippen molar-refractivity contribution in [1.29, 1.82) is 0 Å². The molecule has 2 heteroatoms. The van der Waals surface area contributed by atoms with Crippen molar-refractivity contribution in [2.24, 2.45) is 5.73 Å². The molecule has 20 heavy (non-hydrogen) atoms. The van der Waals surface area contributed by atoms with Crippen LogP contribution in [0.5, 0.6) is 5.75 Å². The fourth-order valence-corrected chi connectivity index (χ4v) is 2.21. The van der Waals surface area contributed by atoms with Crippen molar-refractivity contribution in [3.8, 4) is 5.75 Å². The molecule has 106 valence electrons. The Morgan fingerprint density at radius 1 is 1.00 bits per heavy atom. The minimum absolute atomic E-state index is 0.0365. The van der Waals surface area contributed by atoms with Crippen LogP contribution < -0.4 is 10.5 Å². The number of nitrogens with two attached hydrogens (primary N) is 1. The van der Waals surface area contributed by atoms with Crippen LogP contribution in [0.3, 0.4) is 0 Å². The number of benzene rings is 2. The molecule has 0 aliphatic rings. The molecule has 0 amide bonds. The second-order valence-corrected chi connectivity index (χ2v) is 5.05. The van der Waals surface area contributed by atoms with Crippen molar-refractivity contribution < 1.29 is 4.74 Å². The number of hydrogen-bond acceptors (Lipinski definition) is 2. The zero-order valence-corrected chi connectivity index (χ0v) is 12.1. The van der Waals surface area contributed by atoms with Crippen molar-refractivity contribution in [1.82, 2.24) is 0 Å². The highest BCUT2D eigenvalue weighted by atomic mass is 16.5. The van der Waals surface area contributed by atoms with E-state index in [0.717, 1.165) is 18.6 Å². The Morgan fingerprint density at radius 3 is 2.35 bits per heavy atom. The fraction of sp³-hybridized carbons (Fsp3) is 0.333. The van der Waals surface area contributed by atoms with E-state index in [1.165, 1.54) is 17.5 Å². The third-order valence-electron chi connectivity index (χ3n) is 3.39. The summed E-state index contributed by atoms with van der Waals surface area (Å²) in [4.78, 5) is 0. The van der Waals surface area contributed by atoms with Gasteiger partial charge in [-0.15, -0.1) is 0 Å². The van der Waals surface area contributed by atoms with Gasteiger partial charge in [0.1, 0.15) is 5.75 Å². The maximum Gasteiger partial charge on any atom is 0.119 e. The molecule has 2 N–H and O–H groups in total. The maximum absolute atomic E-state index is 6.20. The lowest BCUT2D eigenvalue weighted by Gasteiger charge is -2.13. The fourth-order valence-electron chi connectivity index (χ4n) is 2.21. The van der Waals surface area contributed by atoms with Gasteiger partial charge in [0.15, 0.2) is 0 Å². The molecule has 0 aromatic heterocycles. The summed E-state index contributed by atoms with van der Waals surface area (Å²) >= 11 is 0. The van der Waals surface area contributed by atoms with E-state index in [-0.39, 0.29) is 6.04 Å². The van der Waals surface area contributed by atoms with Gasteiger partial charge < -0.3 is 10.5 Å². The van der Waals surface area contributed by atoms with Gasteiger partial charge in [-0.2, -0.15) is 0 Å². The van der Waals surface area contributed by atoms with Gasteiger partial charge in [-0.1, -0.05) is 55.8 Å². The molecule has 0 heterocycles. The first-order chi connectivity index (χ1) is 9.79. The van der Waals surface area contributed by atoms with Gasteiger partial charge in [-0.25, -0.2) is 0 Å². The van der Waals surface area contributed by atoms with E-state index in [0.29, 0.717) is 6.61 Å². The number of para-hydroxylation sites is 1. The average molecular weight is 269 g/mol. The SMILES string of the molecule is CCCc1ccc(C(N)CCOc2ccccc2)cc1. The first kappa shape index (κ1) is 14.6. The molecule has 0 saturated heterocycles. The monoisotopic (exact) mass is 269 g/mol. The predicted molar refractivity (Wildman–Crippen MR) is 83.9 cm³/mol. The molecule has 0 bridgehead atoms. The standard InChI is InChI=1S/C18H23NO/c1-2-6-15-9-11-16(12-10-15)18(19)13-14-20-17-7-4-3-5-8-17/h3-5,7-12,18H,2,6,13-14,19H2,1H3. The van der Waals surface area contributed by atoms with E-state index in [1.807, 2.05) is 30.3 Å². The highest BCUT2D eigenvalue weighted by molar-refractivity contribution is 5.25. The van der Waals surface area contributed by atoms with Crippen molar-refractivity contribution in [2.45, 2.75) is 32.2 Å². The molecule has 1 unspecified atom stereocenters. The first-order valence-electron chi connectivity index (χ1n) is 7.32. The molecule has 0 aliphatic carbocycles. The van der Waals surface area contributed by atoms with Gasteiger partial charge in [-0.05, 0) is 29.7 Å². The summed E-state index contributed by atoms with van der Waals surface area (Å²) in [6, 6.07) is 18.5. The Hall–Kier alpha value is -1.80. The Bertz CT molecular complexity index is 493. The van der Waals surface area contributed by atoms with Gasteiger partial charge in [-0.3, -0.25) is 0 Å². The van der Waals surface area contributed by atoms with Crippen LogP contribution in [0, 0.1) is 0 Å². The zero-order chi connectivity index (χ0) is 14.2. The molecule has 2 aromatic carbocycles. The molecule has 0 aliphatic heterocycles. The summed E-state index contributed by atoms with van der Waals surface area (Å²) in [6.45, 7) is 2.84. The summed E-state index contributed by atoms with van der Waals surface area (Å²) < 4.78 is 5.68. The Balaban J connectivity index is 1.80. The summed E-state index contributed by atoms with van der Waals surface area (Å²) in [6.07, 6.45) is 3.13. The van der Waals surface area contributed by atoms with E-state index < -0.39 is 0 Å². The summed E-state index contributed by atoms with van der Waals surface area (Å²) in [5.41, 5.74) is 8.76. The number of ether oxygens (including phenoxy) is 1. The molecule has 0 saturated carbocycles. The van der Waals surface area contributed by atoms with Crippen molar-refractivity contribution in [2.75, 3.05) is 6.61 Å². The number of rotatable bonds is 7. The predicted octanol–water partition coefficient (Wildman–Crippen LogP) is 4.11. The van der Waals surface area contributed by atoms with Gasteiger partial charge in [0, 0.05) is 12.5 Å². The first-order valence-corrected chi connectivity index (χ1v) is 7.32. The number of aryl methyl sites for hydroxylation is 1. The Morgan fingerprint density at radius 2 is 1.70 bits per heavy atom. The topological polar surface area (TPSA) is 35.2 Å². The second kappa shape index (κ2) is 7.71. The third kappa shape index (κ3) is 4.39. The van der Waals surface area contributed by atoms with E-state index in [1.54, 1.807) is 0 Å². The van der Waals surface area contributed by atoms with Crippen LogP contribution in [-0.4, -0.2) is 6.61 Å². The van der Waals surface area contributed by atoms with E-state index in [9.17, 15) is 0 Å². The van der Waals surface area contributed by atoms with Crippen LogP contribution in [0.25, 0.3) is 0 Å². The molecule has 2 aromatic rings. The lowest BCUT2D eigenvalue weighted by atomic mass is 10.0. The maximum atomic E-state index is 6.20. The van der Waals surface area contributed by atoms with Crippen LogP contribution in [0.1, 0.15) is 36.9 Å². The Labute approximate surface area is 121 Å². The van der Waals surface area contributed by atoms with Gasteiger partial charge in [0.05, 0.1) is 6.61 Å². The molecular weight excluding hydrogens is 246 g/mol.